The summed E-state index contributed by atoms with van der Waals surface area (Å²) in [6, 6.07) is 42.8. The van der Waals surface area contributed by atoms with Crippen molar-refractivity contribution in [1.29, 1.82) is 0 Å². The molecule has 0 aliphatic heterocycles. The van der Waals surface area contributed by atoms with Crippen molar-refractivity contribution < 1.29 is 9.53 Å². The molecule has 0 radical (unpaired) electrons. The zero-order valence-electron chi connectivity index (χ0n) is 19.3. The van der Waals surface area contributed by atoms with Gasteiger partial charge in [0.05, 0.1) is 12.1 Å². The second kappa shape index (κ2) is 10.4. The van der Waals surface area contributed by atoms with Crippen LogP contribution in [-0.2, 0) is 16.1 Å². The molecule has 5 rings (SSSR count). The molecule has 0 aromatic heterocycles. The maximum Gasteiger partial charge on any atom is 0.309 e. The Bertz CT molecular complexity index is 1100. The molecule has 3 heteroatoms. The molecule has 4 aromatic rings. The fourth-order valence-corrected chi connectivity index (χ4v) is 9.36. The number of esters is 1. The van der Waals surface area contributed by atoms with Gasteiger partial charge in [0.1, 0.15) is 29.8 Å². The third-order valence-electron chi connectivity index (χ3n) is 6.88. The molecule has 1 aliphatic rings. The number of carbonyl (C=O) groups excluding carboxylic acids is 1. The minimum Gasteiger partial charge on any atom is -0.461 e. The highest BCUT2D eigenvalue weighted by Crippen LogP contribution is 2.58. The Balaban J connectivity index is 1.37. The number of rotatable bonds is 9. The lowest BCUT2D eigenvalue weighted by atomic mass is 10.2. The number of benzene rings is 4. The molecule has 170 valence electrons. The van der Waals surface area contributed by atoms with Gasteiger partial charge in [0.15, 0.2) is 0 Å². The lowest BCUT2D eigenvalue weighted by Gasteiger charge is -2.27. The second-order valence-electron chi connectivity index (χ2n) is 9.02. The highest BCUT2D eigenvalue weighted by atomic mass is 31.2. The summed E-state index contributed by atoms with van der Waals surface area (Å²) in [5.41, 5.74) is 1.04. The summed E-state index contributed by atoms with van der Waals surface area (Å²) >= 11 is 0. The van der Waals surface area contributed by atoms with Crippen molar-refractivity contribution in [3.05, 3.63) is 127 Å². The average Bonchev–Trinajstić information content (AvgIpc) is 3.70. The average molecular weight is 466 g/mol. The van der Waals surface area contributed by atoms with Crippen molar-refractivity contribution >= 4 is 29.1 Å². The van der Waals surface area contributed by atoms with Gasteiger partial charge in [-0.15, -0.1) is 0 Å². The first kappa shape index (κ1) is 22.6. The summed E-state index contributed by atoms with van der Waals surface area (Å²) in [6.07, 6.45) is 3.02. The lowest BCUT2D eigenvalue weighted by Crippen LogP contribution is -2.33. The van der Waals surface area contributed by atoms with E-state index in [1.807, 2.05) is 30.3 Å². The van der Waals surface area contributed by atoms with Gasteiger partial charge in [-0.2, -0.15) is 0 Å². The molecule has 0 heterocycles. The molecule has 1 fully saturated rings. The molecule has 2 nitrogen and oxygen atoms in total. The molecule has 0 unspecified atom stereocenters. The monoisotopic (exact) mass is 465 g/mol. The van der Waals surface area contributed by atoms with Crippen LogP contribution in [0.15, 0.2) is 121 Å². The molecule has 4 aromatic carbocycles. The SMILES string of the molecule is O=C(OCc1ccccc1)[C@@H]1C[C@H]1CC[P+](c1ccccc1)(c1ccccc1)c1ccccc1. The predicted molar refractivity (Wildman–Crippen MR) is 142 cm³/mol. The second-order valence-corrected chi connectivity index (χ2v) is 12.6. The molecular weight excluding hydrogens is 435 g/mol. The largest absolute Gasteiger partial charge is 0.461 e. The molecule has 34 heavy (non-hydrogen) atoms. The Kier molecular flexibility index (Phi) is 6.88. The first-order chi connectivity index (χ1) is 16.8. The number of hydrogen-bond donors (Lipinski definition) is 0. The van der Waals surface area contributed by atoms with Gasteiger partial charge in [0.25, 0.3) is 0 Å². The van der Waals surface area contributed by atoms with E-state index in [1.165, 1.54) is 15.9 Å². The Labute approximate surface area is 203 Å². The van der Waals surface area contributed by atoms with Gasteiger partial charge < -0.3 is 4.74 Å². The zero-order chi connectivity index (χ0) is 23.2. The molecular formula is C31H30O2P+. The van der Waals surface area contributed by atoms with Gasteiger partial charge in [-0.05, 0) is 60.7 Å². The standard InChI is InChI=1S/C31H30O2P/c32-31(33-24-25-13-5-1-6-14-25)30-23-26(30)21-22-34(27-15-7-2-8-16-27,28-17-9-3-10-18-28)29-19-11-4-12-20-29/h1-20,26,30H,21-24H2/q+1/t26-,30-/m1/s1. The van der Waals surface area contributed by atoms with Crippen LogP contribution < -0.4 is 15.9 Å². The van der Waals surface area contributed by atoms with E-state index < -0.39 is 7.26 Å². The number of hydrogen-bond acceptors (Lipinski definition) is 2. The van der Waals surface area contributed by atoms with Gasteiger partial charge >= 0.3 is 5.97 Å². The predicted octanol–water partition coefficient (Wildman–Crippen LogP) is 5.75. The molecule has 0 amide bonds. The van der Waals surface area contributed by atoms with E-state index in [9.17, 15) is 4.79 Å². The van der Waals surface area contributed by atoms with Crippen LogP contribution in [0.3, 0.4) is 0 Å². The van der Waals surface area contributed by atoms with Gasteiger partial charge in [-0.25, -0.2) is 0 Å². The highest BCUT2D eigenvalue weighted by molar-refractivity contribution is 7.95. The van der Waals surface area contributed by atoms with Crippen LogP contribution in [-0.4, -0.2) is 12.1 Å². The van der Waals surface area contributed by atoms with Crippen LogP contribution in [0, 0.1) is 11.8 Å². The van der Waals surface area contributed by atoms with Crippen molar-refractivity contribution in [2.75, 3.05) is 6.16 Å². The Morgan fingerprint density at radius 2 is 1.12 bits per heavy atom. The third kappa shape index (κ3) is 4.83. The Morgan fingerprint density at radius 3 is 1.59 bits per heavy atom. The summed E-state index contributed by atoms with van der Waals surface area (Å²) < 4.78 is 5.64. The lowest BCUT2D eigenvalue weighted by molar-refractivity contribution is -0.146. The summed E-state index contributed by atoms with van der Waals surface area (Å²) in [5, 5.41) is 4.20. The van der Waals surface area contributed by atoms with Crippen LogP contribution in [0.5, 0.6) is 0 Å². The summed E-state index contributed by atoms with van der Waals surface area (Å²) in [7, 11) is -1.84. The maximum absolute atomic E-state index is 12.7. The van der Waals surface area contributed by atoms with E-state index in [0.29, 0.717) is 12.5 Å². The highest BCUT2D eigenvalue weighted by Gasteiger charge is 2.50. The van der Waals surface area contributed by atoms with Gasteiger partial charge in [-0.1, -0.05) is 84.9 Å². The smallest absolute Gasteiger partial charge is 0.309 e. The minimum absolute atomic E-state index is 0.0351. The number of ether oxygens (including phenoxy) is 1. The molecule has 0 bridgehead atoms. The minimum atomic E-state index is -1.84. The van der Waals surface area contributed by atoms with E-state index in [-0.39, 0.29) is 11.9 Å². The summed E-state index contributed by atoms with van der Waals surface area (Å²) in [5.74, 6) is 0.392. The van der Waals surface area contributed by atoms with Crippen molar-refractivity contribution in [2.45, 2.75) is 19.4 Å². The quantitative estimate of drug-likeness (QED) is 0.232. The molecule has 0 saturated heterocycles. The van der Waals surface area contributed by atoms with Crippen LogP contribution in [0.4, 0.5) is 0 Å². The summed E-state index contributed by atoms with van der Waals surface area (Å²) in [6.45, 7) is 0.359. The molecule has 1 saturated carbocycles. The van der Waals surface area contributed by atoms with E-state index >= 15 is 0 Å². The van der Waals surface area contributed by atoms with Crippen LogP contribution in [0.1, 0.15) is 18.4 Å². The van der Waals surface area contributed by atoms with Crippen molar-refractivity contribution in [1.82, 2.24) is 0 Å². The van der Waals surface area contributed by atoms with Crippen molar-refractivity contribution in [2.24, 2.45) is 11.8 Å². The van der Waals surface area contributed by atoms with Crippen LogP contribution in [0.25, 0.3) is 0 Å². The van der Waals surface area contributed by atoms with Crippen molar-refractivity contribution in [3.63, 3.8) is 0 Å². The Hall–Kier alpha value is -3.22. The normalized spacial score (nSPS) is 17.2. The molecule has 2 atom stereocenters. The van der Waals surface area contributed by atoms with Crippen LogP contribution >= 0.6 is 7.26 Å². The van der Waals surface area contributed by atoms with Crippen molar-refractivity contribution in [3.8, 4) is 0 Å². The topological polar surface area (TPSA) is 26.3 Å². The van der Waals surface area contributed by atoms with Crippen LogP contribution in [0.2, 0.25) is 0 Å². The zero-order valence-corrected chi connectivity index (χ0v) is 20.2. The van der Waals surface area contributed by atoms with E-state index in [4.69, 9.17) is 4.74 Å². The van der Waals surface area contributed by atoms with Gasteiger partial charge in [-0.3, -0.25) is 4.79 Å². The maximum atomic E-state index is 12.7. The van der Waals surface area contributed by atoms with E-state index in [1.54, 1.807) is 0 Å². The van der Waals surface area contributed by atoms with Gasteiger partial charge in [0, 0.05) is 0 Å². The first-order valence-corrected chi connectivity index (χ1v) is 14.0. The van der Waals surface area contributed by atoms with E-state index in [2.05, 4.69) is 91.0 Å². The summed E-state index contributed by atoms with van der Waals surface area (Å²) in [4.78, 5) is 12.7. The fraction of sp³-hybridized carbons (Fsp3) is 0.194. The van der Waals surface area contributed by atoms with E-state index in [0.717, 1.165) is 24.6 Å². The third-order valence-corrected chi connectivity index (χ3v) is 11.3. The van der Waals surface area contributed by atoms with Gasteiger partial charge in [0.2, 0.25) is 0 Å². The molecule has 0 spiro atoms. The fourth-order valence-electron chi connectivity index (χ4n) is 4.93. The number of carbonyl (C=O) groups is 1. The molecule has 1 aliphatic carbocycles. The first-order valence-electron chi connectivity index (χ1n) is 12.0. The Morgan fingerprint density at radius 1 is 0.676 bits per heavy atom. The molecule has 0 N–H and O–H groups in total.